The van der Waals surface area contributed by atoms with Gasteiger partial charge in [0.2, 0.25) is 0 Å². The van der Waals surface area contributed by atoms with Crippen molar-refractivity contribution in [2.75, 3.05) is 32.8 Å². The van der Waals surface area contributed by atoms with Crippen LogP contribution in [0.3, 0.4) is 0 Å². The molecule has 114 valence electrons. The zero-order valence-corrected chi connectivity index (χ0v) is 13.7. The number of hydrogen-bond donors (Lipinski definition) is 1. The van der Waals surface area contributed by atoms with E-state index in [1.165, 1.54) is 19.3 Å². The molecule has 1 aliphatic heterocycles. The van der Waals surface area contributed by atoms with Crippen molar-refractivity contribution in [2.24, 2.45) is 5.92 Å². The molecule has 0 bridgehead atoms. The van der Waals surface area contributed by atoms with E-state index in [4.69, 9.17) is 4.74 Å². The van der Waals surface area contributed by atoms with Crippen LogP contribution < -0.4 is 5.32 Å². The molecule has 1 heterocycles. The first kappa shape index (κ1) is 16.9. The third-order valence-corrected chi connectivity index (χ3v) is 4.96. The van der Waals surface area contributed by atoms with E-state index in [0.717, 1.165) is 32.8 Å². The van der Waals surface area contributed by atoms with Crippen LogP contribution in [0.25, 0.3) is 0 Å². The Morgan fingerprint density at radius 2 is 1.95 bits per heavy atom. The van der Waals surface area contributed by atoms with Gasteiger partial charge in [-0.15, -0.1) is 0 Å². The van der Waals surface area contributed by atoms with Crippen molar-refractivity contribution in [3.8, 4) is 0 Å². The smallest absolute Gasteiger partial charge is 0.0509 e. The van der Waals surface area contributed by atoms with Gasteiger partial charge in [-0.3, -0.25) is 4.90 Å². The standard InChI is InChI=1S/C16H34N2O/c1-6-16(5,18(8-3)9-4)15(17-7-2)14-11-10-12-19-13-14/h14-15,17H,6-13H2,1-5H3. The summed E-state index contributed by atoms with van der Waals surface area (Å²) in [5.41, 5.74) is 0.227. The van der Waals surface area contributed by atoms with Gasteiger partial charge >= 0.3 is 0 Å². The summed E-state index contributed by atoms with van der Waals surface area (Å²) >= 11 is 0. The average molecular weight is 270 g/mol. The van der Waals surface area contributed by atoms with Crippen molar-refractivity contribution in [1.82, 2.24) is 10.2 Å². The topological polar surface area (TPSA) is 24.5 Å². The van der Waals surface area contributed by atoms with Crippen molar-refractivity contribution < 1.29 is 4.74 Å². The molecule has 0 aliphatic carbocycles. The van der Waals surface area contributed by atoms with Crippen LogP contribution in [0.5, 0.6) is 0 Å². The van der Waals surface area contributed by atoms with E-state index in [9.17, 15) is 0 Å². The molecular weight excluding hydrogens is 236 g/mol. The fraction of sp³-hybridized carbons (Fsp3) is 1.00. The number of nitrogens with one attached hydrogen (secondary N) is 1. The summed E-state index contributed by atoms with van der Waals surface area (Å²) in [6.45, 7) is 16.7. The van der Waals surface area contributed by atoms with Gasteiger partial charge in [0.15, 0.2) is 0 Å². The summed E-state index contributed by atoms with van der Waals surface area (Å²) in [6.07, 6.45) is 3.70. The monoisotopic (exact) mass is 270 g/mol. The molecule has 0 radical (unpaired) electrons. The van der Waals surface area contributed by atoms with E-state index in [0.29, 0.717) is 12.0 Å². The highest BCUT2D eigenvalue weighted by Crippen LogP contribution is 2.31. The number of likely N-dealkylation sites (N-methyl/N-ethyl adjacent to an activating group) is 2. The predicted molar refractivity (Wildman–Crippen MR) is 82.6 cm³/mol. The highest BCUT2D eigenvalue weighted by molar-refractivity contribution is 4.99. The van der Waals surface area contributed by atoms with Crippen LogP contribution in [0, 0.1) is 5.92 Å². The summed E-state index contributed by atoms with van der Waals surface area (Å²) in [5, 5.41) is 3.77. The average Bonchev–Trinajstić information content (AvgIpc) is 2.46. The van der Waals surface area contributed by atoms with Gasteiger partial charge in [0, 0.05) is 18.2 Å². The molecule has 1 rings (SSSR count). The molecule has 19 heavy (non-hydrogen) atoms. The minimum absolute atomic E-state index is 0.227. The van der Waals surface area contributed by atoms with E-state index in [2.05, 4.69) is 44.8 Å². The summed E-state index contributed by atoms with van der Waals surface area (Å²) in [5.74, 6) is 0.652. The summed E-state index contributed by atoms with van der Waals surface area (Å²) in [6, 6.07) is 0.530. The van der Waals surface area contributed by atoms with Gasteiger partial charge in [-0.2, -0.15) is 0 Å². The van der Waals surface area contributed by atoms with E-state index < -0.39 is 0 Å². The van der Waals surface area contributed by atoms with Gasteiger partial charge in [0.25, 0.3) is 0 Å². The molecule has 0 amide bonds. The molecule has 0 aromatic heterocycles. The van der Waals surface area contributed by atoms with Crippen LogP contribution in [0.1, 0.15) is 53.9 Å². The second-order valence-corrected chi connectivity index (χ2v) is 5.90. The Morgan fingerprint density at radius 1 is 1.26 bits per heavy atom. The lowest BCUT2D eigenvalue weighted by atomic mass is 9.77. The molecule has 1 saturated heterocycles. The van der Waals surface area contributed by atoms with Gasteiger partial charge in [0.05, 0.1) is 6.61 Å². The molecule has 0 saturated carbocycles. The lowest BCUT2D eigenvalue weighted by molar-refractivity contribution is -0.0134. The molecule has 3 unspecified atom stereocenters. The minimum Gasteiger partial charge on any atom is -0.381 e. The number of ether oxygens (including phenoxy) is 1. The van der Waals surface area contributed by atoms with Crippen molar-refractivity contribution in [1.29, 1.82) is 0 Å². The molecule has 0 aromatic rings. The summed E-state index contributed by atoms with van der Waals surface area (Å²) in [7, 11) is 0. The Labute approximate surface area is 120 Å². The molecule has 3 atom stereocenters. The summed E-state index contributed by atoms with van der Waals surface area (Å²) < 4.78 is 5.74. The van der Waals surface area contributed by atoms with E-state index in [-0.39, 0.29) is 5.54 Å². The summed E-state index contributed by atoms with van der Waals surface area (Å²) in [4.78, 5) is 2.62. The second-order valence-electron chi connectivity index (χ2n) is 5.90. The largest absolute Gasteiger partial charge is 0.381 e. The SMILES string of the molecule is CCNC(C1CCCOC1)C(C)(CC)N(CC)CC. The molecule has 1 fully saturated rings. The first-order valence-corrected chi connectivity index (χ1v) is 8.20. The van der Waals surface area contributed by atoms with E-state index in [1.807, 2.05) is 0 Å². The van der Waals surface area contributed by atoms with Crippen molar-refractivity contribution in [2.45, 2.75) is 65.5 Å². The van der Waals surface area contributed by atoms with E-state index in [1.54, 1.807) is 0 Å². The molecule has 0 aromatic carbocycles. The normalized spacial score (nSPS) is 25.3. The highest BCUT2D eigenvalue weighted by Gasteiger charge is 2.41. The van der Waals surface area contributed by atoms with E-state index >= 15 is 0 Å². The van der Waals surface area contributed by atoms with Crippen molar-refractivity contribution in [3.63, 3.8) is 0 Å². The zero-order valence-electron chi connectivity index (χ0n) is 13.7. The van der Waals surface area contributed by atoms with Gasteiger partial charge in [0.1, 0.15) is 0 Å². The number of rotatable bonds is 8. The van der Waals surface area contributed by atoms with Crippen LogP contribution in [0.2, 0.25) is 0 Å². The fourth-order valence-electron chi connectivity index (χ4n) is 3.73. The van der Waals surface area contributed by atoms with Crippen LogP contribution in [-0.4, -0.2) is 49.3 Å². The molecule has 3 nitrogen and oxygen atoms in total. The quantitative estimate of drug-likeness (QED) is 0.734. The van der Waals surface area contributed by atoms with Gasteiger partial charge < -0.3 is 10.1 Å². The predicted octanol–water partition coefficient (Wildman–Crippen LogP) is 2.90. The van der Waals surface area contributed by atoms with Crippen LogP contribution in [0.15, 0.2) is 0 Å². The maximum atomic E-state index is 5.74. The Hall–Kier alpha value is -0.120. The first-order chi connectivity index (χ1) is 9.13. The highest BCUT2D eigenvalue weighted by atomic mass is 16.5. The van der Waals surface area contributed by atoms with Crippen molar-refractivity contribution in [3.05, 3.63) is 0 Å². The number of nitrogens with zero attached hydrogens (tertiary/aromatic N) is 1. The molecule has 1 aliphatic rings. The lowest BCUT2D eigenvalue weighted by Gasteiger charge is -2.49. The van der Waals surface area contributed by atoms with Gasteiger partial charge in [-0.05, 0) is 51.7 Å². The van der Waals surface area contributed by atoms with Gasteiger partial charge in [-0.25, -0.2) is 0 Å². The van der Waals surface area contributed by atoms with Crippen LogP contribution >= 0.6 is 0 Å². The first-order valence-electron chi connectivity index (χ1n) is 8.20. The zero-order chi connectivity index (χ0) is 14.3. The third kappa shape index (κ3) is 3.93. The number of hydrogen-bond acceptors (Lipinski definition) is 3. The Morgan fingerprint density at radius 3 is 2.37 bits per heavy atom. The Balaban J connectivity index is 2.91. The molecule has 0 spiro atoms. The minimum atomic E-state index is 0.227. The Kier molecular flexibility index (Phi) is 7.33. The maximum Gasteiger partial charge on any atom is 0.0509 e. The van der Waals surface area contributed by atoms with Gasteiger partial charge in [-0.1, -0.05) is 27.7 Å². The van der Waals surface area contributed by atoms with Crippen LogP contribution in [0.4, 0.5) is 0 Å². The third-order valence-electron chi connectivity index (χ3n) is 4.96. The lowest BCUT2D eigenvalue weighted by Crippen LogP contribution is -2.62. The fourth-order valence-corrected chi connectivity index (χ4v) is 3.73. The second kappa shape index (κ2) is 8.23. The Bertz CT molecular complexity index is 237. The maximum absolute atomic E-state index is 5.74. The van der Waals surface area contributed by atoms with Crippen LogP contribution in [-0.2, 0) is 4.74 Å². The van der Waals surface area contributed by atoms with Crippen molar-refractivity contribution >= 4 is 0 Å². The molecule has 1 N–H and O–H groups in total. The molecular formula is C16H34N2O. The molecule has 3 heteroatoms.